The zero-order valence-electron chi connectivity index (χ0n) is 10.9. The molecule has 7 nitrogen and oxygen atoms in total. The molecule has 0 bridgehead atoms. The standard InChI is InChI=1S/C13H14FN3O4/c14-12-9(16-17-15)10(18)11-8(20-12)6-19-13(21-11)7-4-2-1-3-5-7/h1-5,8-13,18H,6H2/t8-,9-,10-,11+,12-,13?/m1/s1. The van der Waals surface area contributed by atoms with Gasteiger partial charge in [0.25, 0.3) is 0 Å². The third-order valence-electron chi connectivity index (χ3n) is 3.58. The Morgan fingerprint density at radius 2 is 2.05 bits per heavy atom. The van der Waals surface area contributed by atoms with Gasteiger partial charge < -0.3 is 19.3 Å². The molecule has 2 fully saturated rings. The van der Waals surface area contributed by atoms with Gasteiger partial charge in [0, 0.05) is 10.5 Å². The summed E-state index contributed by atoms with van der Waals surface area (Å²) in [5.41, 5.74) is 9.22. The van der Waals surface area contributed by atoms with E-state index in [1.165, 1.54) is 0 Å². The van der Waals surface area contributed by atoms with Crippen molar-refractivity contribution in [3.63, 3.8) is 0 Å². The van der Waals surface area contributed by atoms with Gasteiger partial charge in [-0.1, -0.05) is 35.4 Å². The maximum Gasteiger partial charge on any atom is 0.210 e. The van der Waals surface area contributed by atoms with Gasteiger partial charge in [-0.15, -0.1) is 0 Å². The summed E-state index contributed by atoms with van der Waals surface area (Å²) in [4.78, 5) is 2.53. The number of nitrogens with zero attached hydrogens (tertiary/aromatic N) is 3. The number of aliphatic hydroxyl groups is 1. The first kappa shape index (κ1) is 14.2. The third kappa shape index (κ3) is 2.72. The average molecular weight is 295 g/mol. The average Bonchev–Trinajstić information content (AvgIpc) is 2.52. The van der Waals surface area contributed by atoms with Crippen molar-refractivity contribution < 1.29 is 23.7 Å². The number of benzene rings is 1. The second-order valence-corrected chi connectivity index (χ2v) is 4.89. The molecule has 0 aromatic heterocycles. The van der Waals surface area contributed by atoms with Crippen LogP contribution in [0.15, 0.2) is 35.4 Å². The van der Waals surface area contributed by atoms with Crippen LogP contribution in [-0.2, 0) is 14.2 Å². The quantitative estimate of drug-likeness (QED) is 0.511. The lowest BCUT2D eigenvalue weighted by atomic mass is 9.97. The predicted molar refractivity (Wildman–Crippen MR) is 68.7 cm³/mol. The van der Waals surface area contributed by atoms with Gasteiger partial charge in [0.1, 0.15) is 18.2 Å². The number of hydrogen-bond donors (Lipinski definition) is 1. The van der Waals surface area contributed by atoms with E-state index >= 15 is 0 Å². The number of rotatable bonds is 2. The first-order chi connectivity index (χ1) is 10.2. The molecule has 0 aliphatic carbocycles. The highest BCUT2D eigenvalue weighted by Gasteiger charge is 2.49. The molecule has 2 heterocycles. The molecule has 3 rings (SSSR count). The van der Waals surface area contributed by atoms with E-state index < -0.39 is 37.0 Å². The Labute approximate surface area is 119 Å². The highest BCUT2D eigenvalue weighted by molar-refractivity contribution is 5.16. The number of azide groups is 1. The van der Waals surface area contributed by atoms with E-state index in [0.717, 1.165) is 5.56 Å². The van der Waals surface area contributed by atoms with Gasteiger partial charge in [-0.3, -0.25) is 0 Å². The first-order valence-electron chi connectivity index (χ1n) is 6.54. The first-order valence-corrected chi connectivity index (χ1v) is 6.54. The van der Waals surface area contributed by atoms with E-state index in [0.29, 0.717) is 0 Å². The molecule has 1 aromatic rings. The van der Waals surface area contributed by atoms with Crippen LogP contribution in [0.5, 0.6) is 0 Å². The van der Waals surface area contributed by atoms with Crippen molar-refractivity contribution in [2.24, 2.45) is 5.11 Å². The van der Waals surface area contributed by atoms with Gasteiger partial charge in [0.05, 0.1) is 12.7 Å². The van der Waals surface area contributed by atoms with Crippen molar-refractivity contribution in [2.75, 3.05) is 6.61 Å². The van der Waals surface area contributed by atoms with Crippen LogP contribution in [0.4, 0.5) is 4.39 Å². The van der Waals surface area contributed by atoms with E-state index in [2.05, 4.69) is 10.0 Å². The van der Waals surface area contributed by atoms with Crippen molar-refractivity contribution in [2.45, 2.75) is 37.0 Å². The minimum atomic E-state index is -1.88. The summed E-state index contributed by atoms with van der Waals surface area (Å²) in [6.07, 6.45) is -5.39. The summed E-state index contributed by atoms with van der Waals surface area (Å²) in [7, 11) is 0. The Hall–Kier alpha value is -1.70. The van der Waals surface area contributed by atoms with E-state index in [1.54, 1.807) is 0 Å². The number of halogens is 1. The Morgan fingerprint density at radius 3 is 2.76 bits per heavy atom. The number of alkyl halides is 1. The van der Waals surface area contributed by atoms with Crippen molar-refractivity contribution >= 4 is 0 Å². The largest absolute Gasteiger partial charge is 0.390 e. The Kier molecular flexibility index (Phi) is 4.05. The van der Waals surface area contributed by atoms with Crippen molar-refractivity contribution in [3.05, 3.63) is 46.3 Å². The normalized spacial score (nSPS) is 39.1. The smallest absolute Gasteiger partial charge is 0.210 e. The lowest BCUT2D eigenvalue weighted by molar-refractivity contribution is -0.325. The Morgan fingerprint density at radius 1 is 1.29 bits per heavy atom. The Bertz CT molecular complexity index is 539. The predicted octanol–water partition coefficient (Wildman–Crippen LogP) is 1.83. The monoisotopic (exact) mass is 295 g/mol. The number of fused-ring (bicyclic) bond motifs is 1. The van der Waals surface area contributed by atoms with E-state index in [4.69, 9.17) is 19.7 Å². The van der Waals surface area contributed by atoms with Gasteiger partial charge in [-0.25, -0.2) is 4.39 Å². The van der Waals surface area contributed by atoms with Gasteiger partial charge in [0.2, 0.25) is 6.36 Å². The Balaban J connectivity index is 1.78. The maximum atomic E-state index is 13.7. The highest BCUT2D eigenvalue weighted by atomic mass is 19.1. The molecule has 1 aromatic carbocycles. The molecule has 1 unspecified atom stereocenters. The summed E-state index contributed by atoms with van der Waals surface area (Å²) in [6.45, 7) is 0.0880. The summed E-state index contributed by atoms with van der Waals surface area (Å²) in [5.74, 6) is 0. The van der Waals surface area contributed by atoms with Crippen LogP contribution in [0.2, 0.25) is 0 Å². The zero-order valence-corrected chi connectivity index (χ0v) is 10.9. The van der Waals surface area contributed by atoms with Crippen LogP contribution in [0, 0.1) is 0 Å². The van der Waals surface area contributed by atoms with E-state index in [-0.39, 0.29) is 6.61 Å². The lowest BCUT2D eigenvalue weighted by Crippen LogP contribution is -2.60. The molecular formula is C13H14FN3O4. The van der Waals surface area contributed by atoms with Crippen LogP contribution in [-0.4, -0.2) is 42.4 Å². The van der Waals surface area contributed by atoms with Crippen LogP contribution in [0.25, 0.3) is 10.4 Å². The number of ether oxygens (including phenoxy) is 3. The fraction of sp³-hybridized carbons (Fsp3) is 0.538. The minimum Gasteiger partial charge on any atom is -0.390 e. The molecular weight excluding hydrogens is 281 g/mol. The molecule has 2 saturated heterocycles. The van der Waals surface area contributed by atoms with E-state index in [9.17, 15) is 9.50 Å². The van der Waals surface area contributed by atoms with Crippen LogP contribution < -0.4 is 0 Å². The third-order valence-corrected chi connectivity index (χ3v) is 3.58. The SMILES string of the molecule is [N-]=[N+]=N[C@@H]1[C@@H](O)[C@H]2OC(c3ccccc3)OC[C@H]2O[C@H]1F. The summed E-state index contributed by atoms with van der Waals surface area (Å²) < 4.78 is 29.9. The van der Waals surface area contributed by atoms with Crippen molar-refractivity contribution in [1.29, 1.82) is 0 Å². The second-order valence-electron chi connectivity index (χ2n) is 4.89. The molecule has 8 heteroatoms. The van der Waals surface area contributed by atoms with Crippen molar-refractivity contribution in [1.82, 2.24) is 0 Å². The molecule has 0 radical (unpaired) electrons. The zero-order chi connectivity index (χ0) is 14.8. The topological polar surface area (TPSA) is 96.7 Å². The molecule has 6 atom stereocenters. The van der Waals surface area contributed by atoms with Gasteiger partial charge >= 0.3 is 0 Å². The lowest BCUT2D eigenvalue weighted by Gasteiger charge is -2.44. The summed E-state index contributed by atoms with van der Waals surface area (Å²) in [6, 6.07) is 7.85. The summed E-state index contributed by atoms with van der Waals surface area (Å²) >= 11 is 0. The molecule has 112 valence electrons. The maximum absolute atomic E-state index is 13.7. The van der Waals surface area contributed by atoms with Gasteiger partial charge in [0.15, 0.2) is 6.29 Å². The number of aliphatic hydroxyl groups excluding tert-OH is 1. The minimum absolute atomic E-state index is 0.0880. The molecule has 1 N–H and O–H groups in total. The molecule has 2 aliphatic rings. The van der Waals surface area contributed by atoms with Crippen LogP contribution in [0.3, 0.4) is 0 Å². The molecule has 0 saturated carbocycles. The van der Waals surface area contributed by atoms with Crippen LogP contribution in [0.1, 0.15) is 11.9 Å². The fourth-order valence-corrected chi connectivity index (χ4v) is 2.53. The highest BCUT2D eigenvalue weighted by Crippen LogP contribution is 2.35. The molecule has 21 heavy (non-hydrogen) atoms. The summed E-state index contributed by atoms with van der Waals surface area (Å²) in [5, 5.41) is 13.4. The van der Waals surface area contributed by atoms with Crippen LogP contribution >= 0.6 is 0 Å². The van der Waals surface area contributed by atoms with Gasteiger partial charge in [-0.05, 0) is 5.53 Å². The molecule has 0 spiro atoms. The number of hydrogen-bond acceptors (Lipinski definition) is 5. The fourth-order valence-electron chi connectivity index (χ4n) is 2.53. The van der Waals surface area contributed by atoms with Crippen molar-refractivity contribution in [3.8, 4) is 0 Å². The molecule has 2 aliphatic heterocycles. The van der Waals surface area contributed by atoms with Gasteiger partial charge in [-0.2, -0.15) is 0 Å². The van der Waals surface area contributed by atoms with E-state index in [1.807, 2.05) is 30.3 Å². The second kappa shape index (κ2) is 5.97. The molecule has 0 amide bonds.